The Kier molecular flexibility index (Phi) is 6.51. The Morgan fingerprint density at radius 3 is 1.50 bits per heavy atom. The predicted octanol–water partition coefficient (Wildman–Crippen LogP) is 5.72. The molecule has 2 aromatic carbocycles. The summed E-state index contributed by atoms with van der Waals surface area (Å²) in [5, 5.41) is 3.00. The summed E-state index contributed by atoms with van der Waals surface area (Å²) in [6, 6.07) is 23.6. The summed E-state index contributed by atoms with van der Waals surface area (Å²) in [5.41, 5.74) is 3.90. The molecular weight excluding hydrogens is 361 g/mol. The Morgan fingerprint density at radius 1 is 0.731 bits per heavy atom. The number of hydrogen-bond donors (Lipinski definition) is 0. The standard InChI is InChI=1S/C23H34Si3/c1-24(2,3)20-14-19-23(25(4,5)6)26(7,21-15-10-8-11-16-21)22-17-12-9-13-18-22/h8-18H,20H2,1-7H3. The average molecular weight is 395 g/mol. The molecule has 0 spiro atoms. The van der Waals surface area contributed by atoms with Gasteiger partial charge in [-0.05, 0) is 27.3 Å². The van der Waals surface area contributed by atoms with Crippen molar-refractivity contribution in [1.29, 1.82) is 0 Å². The van der Waals surface area contributed by atoms with Gasteiger partial charge in [0, 0.05) is 8.07 Å². The first-order valence-electron chi connectivity index (χ1n) is 9.62. The van der Waals surface area contributed by atoms with Crippen LogP contribution in [0.1, 0.15) is 0 Å². The lowest BCUT2D eigenvalue weighted by Crippen LogP contribution is -2.61. The van der Waals surface area contributed by atoms with Gasteiger partial charge in [-0.25, -0.2) is 0 Å². The van der Waals surface area contributed by atoms with Crippen LogP contribution in [-0.2, 0) is 0 Å². The van der Waals surface area contributed by atoms with Gasteiger partial charge in [0.1, 0.15) is 8.07 Å². The Labute approximate surface area is 163 Å². The molecular formula is C23H34Si3. The Hall–Kier alpha value is -1.39. The van der Waals surface area contributed by atoms with Crippen LogP contribution in [-0.4, -0.2) is 24.2 Å². The Morgan fingerprint density at radius 2 is 1.15 bits per heavy atom. The third kappa shape index (κ3) is 5.08. The second-order valence-electron chi connectivity index (χ2n) is 9.60. The summed E-state index contributed by atoms with van der Waals surface area (Å²) in [7, 11) is -4.65. The molecule has 0 fully saturated rings. The molecule has 2 rings (SSSR count). The minimum Gasteiger partial charge on any atom is -0.134 e. The third-order valence-electron chi connectivity index (χ3n) is 4.91. The summed E-state index contributed by atoms with van der Waals surface area (Å²) in [5.74, 6) is 0. The molecule has 0 unspecified atom stereocenters. The highest BCUT2D eigenvalue weighted by Crippen LogP contribution is 2.25. The summed E-state index contributed by atoms with van der Waals surface area (Å²) in [6.07, 6.45) is 2.37. The normalized spacial score (nSPS) is 12.4. The van der Waals surface area contributed by atoms with Crippen molar-refractivity contribution in [2.45, 2.75) is 51.9 Å². The molecule has 0 saturated heterocycles. The van der Waals surface area contributed by atoms with Crippen molar-refractivity contribution in [3.05, 3.63) is 77.3 Å². The second-order valence-corrected chi connectivity index (χ2v) is 24.5. The monoisotopic (exact) mass is 394 g/mol. The van der Waals surface area contributed by atoms with E-state index in [2.05, 4.69) is 118 Å². The average Bonchev–Trinajstić information content (AvgIpc) is 2.58. The molecule has 2 aromatic rings. The number of hydrogen-bond acceptors (Lipinski definition) is 0. The van der Waals surface area contributed by atoms with E-state index in [0.29, 0.717) is 0 Å². The highest BCUT2D eigenvalue weighted by Gasteiger charge is 2.41. The summed E-state index contributed by atoms with van der Waals surface area (Å²) < 4.78 is 0. The van der Waals surface area contributed by atoms with Gasteiger partial charge in [-0.1, -0.05) is 106 Å². The molecule has 0 heterocycles. The third-order valence-corrected chi connectivity index (χ3v) is 15.9. The predicted molar refractivity (Wildman–Crippen MR) is 127 cm³/mol. The lowest BCUT2D eigenvalue weighted by molar-refractivity contribution is 1.51. The molecule has 0 nitrogen and oxygen atoms in total. The van der Waals surface area contributed by atoms with Crippen molar-refractivity contribution in [2.75, 3.05) is 0 Å². The first kappa shape index (κ1) is 20.9. The largest absolute Gasteiger partial charge is 0.145 e. The van der Waals surface area contributed by atoms with Crippen LogP contribution in [0.2, 0.25) is 51.9 Å². The first-order valence-corrected chi connectivity index (χ1v) is 19.3. The van der Waals surface area contributed by atoms with Crippen LogP contribution in [0.5, 0.6) is 0 Å². The number of rotatable bonds is 6. The maximum absolute atomic E-state index is 3.90. The number of benzene rings is 2. The molecule has 0 N–H and O–H groups in total. The summed E-state index contributed by atoms with van der Waals surface area (Å²) >= 11 is 0. The summed E-state index contributed by atoms with van der Waals surface area (Å²) in [4.78, 5) is 1.63. The van der Waals surface area contributed by atoms with E-state index in [1.807, 2.05) is 0 Å². The van der Waals surface area contributed by atoms with Crippen LogP contribution in [0.4, 0.5) is 0 Å². The van der Waals surface area contributed by atoms with Gasteiger partial charge in [0.2, 0.25) is 0 Å². The lowest BCUT2D eigenvalue weighted by Gasteiger charge is -2.36. The van der Waals surface area contributed by atoms with Crippen molar-refractivity contribution in [3.63, 3.8) is 0 Å². The lowest BCUT2D eigenvalue weighted by atomic mass is 10.4. The van der Waals surface area contributed by atoms with Gasteiger partial charge in [0.05, 0.1) is 8.07 Å². The van der Waals surface area contributed by atoms with Gasteiger partial charge in [-0.3, -0.25) is 0 Å². The van der Waals surface area contributed by atoms with Crippen molar-refractivity contribution in [3.8, 4) is 0 Å². The molecule has 0 aliphatic rings. The van der Waals surface area contributed by atoms with Gasteiger partial charge in [-0.2, -0.15) is 0 Å². The van der Waals surface area contributed by atoms with E-state index in [0.717, 1.165) is 0 Å². The molecule has 26 heavy (non-hydrogen) atoms. The molecule has 3 heteroatoms. The van der Waals surface area contributed by atoms with Gasteiger partial charge in [-0.15, -0.1) is 5.73 Å². The highest BCUT2D eigenvalue weighted by atomic mass is 28.4. The highest BCUT2D eigenvalue weighted by molar-refractivity contribution is 7.17. The van der Waals surface area contributed by atoms with E-state index in [-0.39, 0.29) is 0 Å². The molecule has 0 aliphatic heterocycles. The van der Waals surface area contributed by atoms with Gasteiger partial charge >= 0.3 is 0 Å². The van der Waals surface area contributed by atoms with Crippen molar-refractivity contribution < 1.29 is 0 Å². The van der Waals surface area contributed by atoms with E-state index in [1.165, 1.54) is 16.4 Å². The van der Waals surface area contributed by atoms with E-state index < -0.39 is 24.2 Å². The van der Waals surface area contributed by atoms with Crippen LogP contribution in [0, 0.1) is 0 Å². The smallest absolute Gasteiger partial charge is 0.134 e. The topological polar surface area (TPSA) is 0 Å². The molecule has 0 aromatic heterocycles. The van der Waals surface area contributed by atoms with Crippen LogP contribution in [0.15, 0.2) is 77.3 Å². The molecule has 138 valence electrons. The van der Waals surface area contributed by atoms with E-state index >= 15 is 0 Å². The van der Waals surface area contributed by atoms with Crippen molar-refractivity contribution >= 4 is 34.6 Å². The van der Waals surface area contributed by atoms with Gasteiger partial charge < -0.3 is 0 Å². The van der Waals surface area contributed by atoms with Crippen molar-refractivity contribution in [1.82, 2.24) is 0 Å². The summed E-state index contributed by atoms with van der Waals surface area (Å²) in [6.45, 7) is 17.3. The molecule has 0 aliphatic carbocycles. The Bertz CT molecular complexity index is 732. The zero-order valence-corrected chi connectivity index (χ0v) is 20.6. The first-order chi connectivity index (χ1) is 12.0. The zero-order valence-electron chi connectivity index (χ0n) is 17.6. The molecule has 0 saturated carbocycles. The fraction of sp³-hybridized carbons (Fsp3) is 0.348. The minimum atomic E-state index is -2.01. The van der Waals surface area contributed by atoms with Crippen LogP contribution < -0.4 is 10.4 Å². The van der Waals surface area contributed by atoms with E-state index in [1.54, 1.807) is 4.82 Å². The molecule has 0 amide bonds. The fourth-order valence-electron chi connectivity index (χ4n) is 3.57. The second kappa shape index (κ2) is 8.10. The van der Waals surface area contributed by atoms with Crippen LogP contribution >= 0.6 is 0 Å². The molecule has 0 bridgehead atoms. The minimum absolute atomic E-state index is 1.10. The Balaban J connectivity index is 2.74. The van der Waals surface area contributed by atoms with Gasteiger partial charge in [0.15, 0.2) is 0 Å². The maximum atomic E-state index is 3.90. The van der Waals surface area contributed by atoms with Gasteiger partial charge in [0.25, 0.3) is 0 Å². The van der Waals surface area contributed by atoms with Crippen molar-refractivity contribution in [2.24, 2.45) is 0 Å². The SMILES string of the molecule is C[Si](C)(C)CC=C=C([Si](C)(C)C)[Si](C)(c1ccccc1)c1ccccc1. The maximum Gasteiger partial charge on any atom is 0.145 e. The molecule has 0 atom stereocenters. The van der Waals surface area contributed by atoms with E-state index in [4.69, 9.17) is 0 Å². The van der Waals surface area contributed by atoms with Crippen LogP contribution in [0.25, 0.3) is 0 Å². The quantitative estimate of drug-likeness (QED) is 0.434. The zero-order chi connectivity index (χ0) is 19.4. The molecule has 0 radical (unpaired) electrons. The fourth-order valence-corrected chi connectivity index (χ4v) is 14.7. The van der Waals surface area contributed by atoms with E-state index in [9.17, 15) is 0 Å². The van der Waals surface area contributed by atoms with Crippen LogP contribution in [0.3, 0.4) is 0 Å². The number of allylic oxidation sites excluding steroid dienone is 1.